The molecule has 1 aromatic carbocycles. The van der Waals surface area contributed by atoms with Crippen LogP contribution in [0.4, 0.5) is 4.39 Å². The van der Waals surface area contributed by atoms with E-state index < -0.39 is 0 Å². The summed E-state index contributed by atoms with van der Waals surface area (Å²) in [7, 11) is 0. The molecule has 1 fully saturated rings. The maximum atomic E-state index is 13.6. The maximum absolute atomic E-state index is 13.6. The number of pyridine rings is 1. The minimum atomic E-state index is -0.271. The Bertz CT molecular complexity index is 828. The zero-order chi connectivity index (χ0) is 21.7. The number of halogens is 1. The smallest absolute Gasteiger partial charge is 0.123 e. The predicted octanol–water partition coefficient (Wildman–Crippen LogP) is 5.29. The van der Waals surface area contributed by atoms with E-state index in [0.29, 0.717) is 19.3 Å². The maximum Gasteiger partial charge on any atom is 0.123 e. The van der Waals surface area contributed by atoms with Crippen LogP contribution in [0.5, 0.6) is 0 Å². The molecular weight excluding hydrogens is 379 g/mol. The summed E-state index contributed by atoms with van der Waals surface area (Å²) in [4.78, 5) is 4.98. The molecule has 0 bridgehead atoms. The molecule has 1 aliphatic rings. The molecule has 0 saturated carbocycles. The predicted molar refractivity (Wildman–Crippen MR) is 119 cm³/mol. The van der Waals surface area contributed by atoms with Crippen molar-refractivity contribution in [2.45, 2.75) is 78.0 Å². The van der Waals surface area contributed by atoms with Crippen LogP contribution in [-0.4, -0.2) is 29.3 Å². The summed E-state index contributed by atoms with van der Waals surface area (Å²) in [5.74, 6) is 0.110. The van der Waals surface area contributed by atoms with Crippen LogP contribution in [0.3, 0.4) is 0 Å². The molecule has 3 rings (SSSR count). The van der Waals surface area contributed by atoms with E-state index in [1.54, 1.807) is 12.1 Å². The van der Waals surface area contributed by atoms with E-state index in [1.807, 2.05) is 0 Å². The molecule has 2 N–H and O–H groups in total. The fourth-order valence-corrected chi connectivity index (χ4v) is 4.30. The van der Waals surface area contributed by atoms with Gasteiger partial charge in [0.15, 0.2) is 0 Å². The van der Waals surface area contributed by atoms with Gasteiger partial charge in [-0.15, -0.1) is 0 Å². The van der Waals surface area contributed by atoms with Crippen molar-refractivity contribution < 1.29 is 14.2 Å². The van der Waals surface area contributed by atoms with Crippen molar-refractivity contribution in [3.63, 3.8) is 0 Å². The molecule has 0 radical (unpaired) electrons. The Kier molecular flexibility index (Phi) is 7.98. The highest BCUT2D eigenvalue weighted by atomic mass is 19.1. The molecule has 0 spiro atoms. The van der Waals surface area contributed by atoms with Crippen molar-refractivity contribution in [3.8, 4) is 11.1 Å². The van der Waals surface area contributed by atoms with E-state index in [1.165, 1.54) is 25.0 Å². The van der Waals surface area contributed by atoms with Gasteiger partial charge >= 0.3 is 0 Å². The summed E-state index contributed by atoms with van der Waals surface area (Å²) >= 11 is 0. The van der Waals surface area contributed by atoms with Crippen molar-refractivity contribution in [2.24, 2.45) is 0 Å². The fraction of sp³-hybridized carbons (Fsp3) is 0.560. The minimum absolute atomic E-state index is 0.108. The molecule has 1 unspecified atom stereocenters. The number of piperidine rings is 1. The Labute approximate surface area is 179 Å². The van der Waals surface area contributed by atoms with Crippen molar-refractivity contribution in [3.05, 3.63) is 52.6 Å². The van der Waals surface area contributed by atoms with Crippen LogP contribution in [0.15, 0.2) is 24.3 Å². The number of hydrogen-bond acceptors (Lipinski definition) is 4. The molecule has 4 nitrogen and oxygen atoms in total. The standard InChI is InChI=1S/C25H35FN2O2/c1-16(2)24-21(13-29)23(18-8-10-19(26)11-9-18)22(25(28-24)17(3)4)15-30-14-20-7-5-6-12-27-20/h8-11,16-17,20,27,29H,5-7,12-15H2,1-4H3. The Hall–Kier alpha value is -1.82. The van der Waals surface area contributed by atoms with Gasteiger partial charge < -0.3 is 15.2 Å². The summed E-state index contributed by atoms with van der Waals surface area (Å²) in [6.45, 7) is 10.5. The van der Waals surface area contributed by atoms with E-state index in [9.17, 15) is 9.50 Å². The molecule has 30 heavy (non-hydrogen) atoms. The second-order valence-electron chi connectivity index (χ2n) is 8.85. The van der Waals surface area contributed by atoms with Gasteiger partial charge in [-0.2, -0.15) is 0 Å². The third-order valence-electron chi connectivity index (χ3n) is 5.83. The van der Waals surface area contributed by atoms with E-state index in [-0.39, 0.29) is 24.3 Å². The lowest BCUT2D eigenvalue weighted by molar-refractivity contribution is 0.0905. The van der Waals surface area contributed by atoms with E-state index in [4.69, 9.17) is 9.72 Å². The minimum Gasteiger partial charge on any atom is -0.392 e. The van der Waals surface area contributed by atoms with Crippen molar-refractivity contribution in [1.82, 2.24) is 10.3 Å². The zero-order valence-corrected chi connectivity index (χ0v) is 18.7. The molecule has 1 atom stereocenters. The van der Waals surface area contributed by atoms with Crippen LogP contribution in [0.2, 0.25) is 0 Å². The number of aromatic nitrogens is 1. The lowest BCUT2D eigenvalue weighted by atomic mass is 9.87. The van der Waals surface area contributed by atoms with Crippen molar-refractivity contribution in [2.75, 3.05) is 13.2 Å². The quantitative estimate of drug-likeness (QED) is 0.617. The highest BCUT2D eigenvalue weighted by Crippen LogP contribution is 2.37. The number of aliphatic hydroxyl groups is 1. The molecule has 5 heteroatoms. The third-order valence-corrected chi connectivity index (χ3v) is 5.83. The Morgan fingerprint density at radius 3 is 2.30 bits per heavy atom. The van der Waals surface area contributed by atoms with Crippen LogP contribution in [0.25, 0.3) is 11.1 Å². The van der Waals surface area contributed by atoms with Crippen LogP contribution in [-0.2, 0) is 18.0 Å². The molecule has 1 aromatic heterocycles. The first-order valence-electron chi connectivity index (χ1n) is 11.2. The van der Waals surface area contributed by atoms with Crippen LogP contribution >= 0.6 is 0 Å². The van der Waals surface area contributed by atoms with E-state index in [0.717, 1.165) is 46.6 Å². The van der Waals surface area contributed by atoms with E-state index >= 15 is 0 Å². The van der Waals surface area contributed by atoms with Gasteiger partial charge in [-0.25, -0.2) is 4.39 Å². The summed E-state index contributed by atoms with van der Waals surface area (Å²) in [5.41, 5.74) is 5.54. The second-order valence-corrected chi connectivity index (χ2v) is 8.85. The molecule has 164 valence electrons. The largest absolute Gasteiger partial charge is 0.392 e. The summed E-state index contributed by atoms with van der Waals surface area (Å²) in [6, 6.07) is 6.89. The van der Waals surface area contributed by atoms with Gasteiger partial charge in [-0.1, -0.05) is 46.2 Å². The average Bonchev–Trinajstić information content (AvgIpc) is 2.74. The molecule has 1 saturated heterocycles. The van der Waals surface area contributed by atoms with Crippen molar-refractivity contribution >= 4 is 0 Å². The second kappa shape index (κ2) is 10.5. The SMILES string of the molecule is CC(C)c1nc(C(C)C)c(COCC2CCCCN2)c(-c2ccc(F)cc2)c1CO. The first-order valence-corrected chi connectivity index (χ1v) is 11.2. The molecule has 0 aliphatic carbocycles. The first kappa shape index (κ1) is 22.9. The average molecular weight is 415 g/mol. The lowest BCUT2D eigenvalue weighted by Gasteiger charge is -2.26. The highest BCUT2D eigenvalue weighted by molar-refractivity contribution is 5.73. The van der Waals surface area contributed by atoms with Gasteiger partial charge in [0.2, 0.25) is 0 Å². The normalized spacial score (nSPS) is 17.1. The number of nitrogens with zero attached hydrogens (tertiary/aromatic N) is 1. The monoisotopic (exact) mass is 414 g/mol. The number of hydrogen-bond donors (Lipinski definition) is 2. The highest BCUT2D eigenvalue weighted by Gasteiger charge is 2.24. The number of aliphatic hydroxyl groups excluding tert-OH is 1. The summed E-state index contributed by atoms with van der Waals surface area (Å²) in [6.07, 6.45) is 3.59. The summed E-state index contributed by atoms with van der Waals surface area (Å²) in [5, 5.41) is 13.8. The Balaban J connectivity index is 2.05. The Morgan fingerprint density at radius 1 is 1.07 bits per heavy atom. The molecule has 1 aliphatic heterocycles. The molecule has 2 aromatic rings. The number of rotatable bonds is 8. The fourth-order valence-electron chi connectivity index (χ4n) is 4.30. The molecule has 2 heterocycles. The number of nitrogens with one attached hydrogen (secondary N) is 1. The van der Waals surface area contributed by atoms with E-state index in [2.05, 4.69) is 33.0 Å². The molecular formula is C25H35FN2O2. The van der Waals surface area contributed by atoms with Gasteiger partial charge in [-0.05, 0) is 54.5 Å². The zero-order valence-electron chi connectivity index (χ0n) is 18.7. The molecule has 0 amide bonds. The van der Waals surface area contributed by atoms with Gasteiger partial charge in [0.1, 0.15) is 5.82 Å². The van der Waals surface area contributed by atoms with Crippen LogP contribution in [0.1, 0.15) is 81.3 Å². The van der Waals surface area contributed by atoms with Gasteiger partial charge in [0, 0.05) is 28.6 Å². The lowest BCUT2D eigenvalue weighted by Crippen LogP contribution is -2.37. The Morgan fingerprint density at radius 2 is 1.73 bits per heavy atom. The van der Waals surface area contributed by atoms with Gasteiger partial charge in [-0.3, -0.25) is 4.98 Å². The third kappa shape index (κ3) is 5.26. The summed E-state index contributed by atoms with van der Waals surface area (Å²) < 4.78 is 19.8. The number of benzene rings is 1. The van der Waals surface area contributed by atoms with Gasteiger partial charge in [0.05, 0.1) is 19.8 Å². The van der Waals surface area contributed by atoms with Crippen LogP contribution in [0, 0.1) is 5.82 Å². The van der Waals surface area contributed by atoms with Crippen LogP contribution < -0.4 is 5.32 Å². The van der Waals surface area contributed by atoms with Gasteiger partial charge in [0.25, 0.3) is 0 Å². The van der Waals surface area contributed by atoms with Crippen molar-refractivity contribution in [1.29, 1.82) is 0 Å². The topological polar surface area (TPSA) is 54.4 Å². The number of ether oxygens (including phenoxy) is 1. The first-order chi connectivity index (χ1) is 14.4.